The molecule has 2 unspecified atom stereocenters. The highest BCUT2D eigenvalue weighted by Crippen LogP contribution is 2.30. The van der Waals surface area contributed by atoms with E-state index in [4.69, 9.17) is 16.7 Å². The number of amides is 2. The van der Waals surface area contributed by atoms with Crippen LogP contribution in [0.2, 0.25) is 5.02 Å². The number of aliphatic hydroxyl groups is 1. The molecule has 0 spiro atoms. The maximum atomic E-state index is 12.1. The highest BCUT2D eigenvalue weighted by Gasteiger charge is 2.35. The van der Waals surface area contributed by atoms with Gasteiger partial charge in [-0.05, 0) is 18.1 Å². The fourth-order valence-corrected chi connectivity index (χ4v) is 2.51. The first kappa shape index (κ1) is 15.8. The molecule has 0 radical (unpaired) electrons. The van der Waals surface area contributed by atoms with Gasteiger partial charge in [-0.3, -0.25) is 9.59 Å². The van der Waals surface area contributed by atoms with Gasteiger partial charge in [0.15, 0.2) is 0 Å². The topological polar surface area (TPSA) is 69.6 Å². The third-order valence-corrected chi connectivity index (χ3v) is 3.90. The SMILES string of the molecule is CC(CO)CNC(=O)C1CC(=O)N(c2ccccc2Cl)C1. The molecular weight excluding hydrogens is 292 g/mol. The van der Waals surface area contributed by atoms with Crippen LogP contribution in [0.1, 0.15) is 13.3 Å². The maximum Gasteiger partial charge on any atom is 0.227 e. The second-order valence-electron chi connectivity index (χ2n) is 5.39. The van der Waals surface area contributed by atoms with Crippen molar-refractivity contribution in [2.45, 2.75) is 13.3 Å². The van der Waals surface area contributed by atoms with Gasteiger partial charge in [0, 0.05) is 26.1 Å². The lowest BCUT2D eigenvalue weighted by molar-refractivity contribution is -0.126. The van der Waals surface area contributed by atoms with E-state index in [0.29, 0.717) is 23.8 Å². The lowest BCUT2D eigenvalue weighted by Crippen LogP contribution is -2.36. The summed E-state index contributed by atoms with van der Waals surface area (Å²) in [5, 5.41) is 12.2. The Morgan fingerprint density at radius 1 is 1.52 bits per heavy atom. The molecule has 1 aromatic rings. The predicted molar refractivity (Wildman–Crippen MR) is 81.2 cm³/mol. The molecule has 2 rings (SSSR count). The Morgan fingerprint density at radius 3 is 2.90 bits per heavy atom. The Morgan fingerprint density at radius 2 is 2.24 bits per heavy atom. The van der Waals surface area contributed by atoms with Gasteiger partial charge in [0.25, 0.3) is 0 Å². The summed E-state index contributed by atoms with van der Waals surface area (Å²) in [7, 11) is 0. The summed E-state index contributed by atoms with van der Waals surface area (Å²) < 4.78 is 0. The molecule has 1 aromatic carbocycles. The average Bonchev–Trinajstić information content (AvgIpc) is 2.86. The van der Waals surface area contributed by atoms with Crippen molar-refractivity contribution in [3.63, 3.8) is 0 Å². The third-order valence-electron chi connectivity index (χ3n) is 3.58. The van der Waals surface area contributed by atoms with Gasteiger partial charge in [-0.1, -0.05) is 30.7 Å². The zero-order valence-electron chi connectivity index (χ0n) is 11.9. The zero-order chi connectivity index (χ0) is 15.4. The molecule has 0 aromatic heterocycles. The fourth-order valence-electron chi connectivity index (χ4n) is 2.27. The zero-order valence-corrected chi connectivity index (χ0v) is 12.6. The van der Waals surface area contributed by atoms with E-state index >= 15 is 0 Å². The van der Waals surface area contributed by atoms with Crippen molar-refractivity contribution >= 4 is 29.1 Å². The van der Waals surface area contributed by atoms with Gasteiger partial charge < -0.3 is 15.3 Å². The number of rotatable bonds is 5. The number of halogens is 1. The normalized spacial score (nSPS) is 19.7. The molecule has 21 heavy (non-hydrogen) atoms. The third kappa shape index (κ3) is 3.74. The molecular formula is C15H19ClN2O3. The van der Waals surface area contributed by atoms with E-state index in [0.717, 1.165) is 0 Å². The van der Waals surface area contributed by atoms with Crippen molar-refractivity contribution in [1.29, 1.82) is 0 Å². The van der Waals surface area contributed by atoms with Crippen LogP contribution in [0.5, 0.6) is 0 Å². The molecule has 2 atom stereocenters. The average molecular weight is 311 g/mol. The molecule has 0 bridgehead atoms. The summed E-state index contributed by atoms with van der Waals surface area (Å²) in [5.41, 5.74) is 0.642. The summed E-state index contributed by atoms with van der Waals surface area (Å²) in [4.78, 5) is 25.7. The van der Waals surface area contributed by atoms with Gasteiger partial charge in [0.2, 0.25) is 11.8 Å². The van der Waals surface area contributed by atoms with Gasteiger partial charge in [-0.2, -0.15) is 0 Å². The van der Waals surface area contributed by atoms with Gasteiger partial charge in [-0.25, -0.2) is 0 Å². The number of para-hydroxylation sites is 1. The first-order valence-electron chi connectivity index (χ1n) is 6.96. The molecule has 1 fully saturated rings. The minimum atomic E-state index is -0.375. The van der Waals surface area contributed by atoms with E-state index in [-0.39, 0.29) is 36.7 Å². The summed E-state index contributed by atoms with van der Waals surface area (Å²) in [5.74, 6) is -0.623. The van der Waals surface area contributed by atoms with Gasteiger partial charge >= 0.3 is 0 Å². The van der Waals surface area contributed by atoms with E-state index in [1.807, 2.05) is 13.0 Å². The number of hydrogen-bond donors (Lipinski definition) is 2. The molecule has 1 saturated heterocycles. The lowest BCUT2D eigenvalue weighted by Gasteiger charge is -2.18. The Bertz CT molecular complexity index is 535. The number of nitrogens with zero attached hydrogens (tertiary/aromatic N) is 1. The van der Waals surface area contributed by atoms with Crippen LogP contribution in [0, 0.1) is 11.8 Å². The van der Waals surface area contributed by atoms with Crippen molar-refractivity contribution in [2.24, 2.45) is 11.8 Å². The van der Waals surface area contributed by atoms with E-state index in [2.05, 4.69) is 5.32 Å². The van der Waals surface area contributed by atoms with Crippen LogP contribution in [-0.4, -0.2) is 36.6 Å². The minimum Gasteiger partial charge on any atom is -0.396 e. The van der Waals surface area contributed by atoms with E-state index in [1.54, 1.807) is 23.1 Å². The second kappa shape index (κ2) is 6.91. The molecule has 1 heterocycles. The van der Waals surface area contributed by atoms with Crippen LogP contribution in [0.4, 0.5) is 5.69 Å². The Balaban J connectivity index is 1.99. The molecule has 6 heteroatoms. The molecule has 1 aliphatic heterocycles. The summed E-state index contributed by atoms with van der Waals surface area (Å²) >= 11 is 6.10. The van der Waals surface area contributed by atoms with Crippen molar-refractivity contribution in [2.75, 3.05) is 24.6 Å². The Labute approximate surface area is 128 Å². The van der Waals surface area contributed by atoms with Gasteiger partial charge in [0.05, 0.1) is 16.6 Å². The minimum absolute atomic E-state index is 0.00530. The monoisotopic (exact) mass is 310 g/mol. The van der Waals surface area contributed by atoms with Crippen LogP contribution >= 0.6 is 11.6 Å². The van der Waals surface area contributed by atoms with Crippen LogP contribution in [-0.2, 0) is 9.59 Å². The quantitative estimate of drug-likeness (QED) is 0.864. The van der Waals surface area contributed by atoms with Crippen LogP contribution in [0.3, 0.4) is 0 Å². The van der Waals surface area contributed by atoms with Crippen LogP contribution < -0.4 is 10.2 Å². The first-order valence-corrected chi connectivity index (χ1v) is 7.34. The van der Waals surface area contributed by atoms with Crippen molar-refractivity contribution in [3.8, 4) is 0 Å². The molecule has 5 nitrogen and oxygen atoms in total. The highest BCUT2D eigenvalue weighted by atomic mass is 35.5. The summed E-state index contributed by atoms with van der Waals surface area (Å²) in [6.45, 7) is 2.61. The molecule has 2 N–H and O–H groups in total. The van der Waals surface area contributed by atoms with Gasteiger partial charge in [0.1, 0.15) is 0 Å². The standard InChI is InChI=1S/C15H19ClN2O3/c1-10(9-19)7-17-15(21)11-6-14(20)18(8-11)13-5-3-2-4-12(13)16/h2-5,10-11,19H,6-9H2,1H3,(H,17,21). The number of aliphatic hydroxyl groups excluding tert-OH is 1. The lowest BCUT2D eigenvalue weighted by atomic mass is 10.1. The van der Waals surface area contributed by atoms with Crippen molar-refractivity contribution in [3.05, 3.63) is 29.3 Å². The Hall–Kier alpha value is -1.59. The molecule has 1 aliphatic rings. The summed E-state index contributed by atoms with van der Waals surface area (Å²) in [6.07, 6.45) is 0.185. The largest absolute Gasteiger partial charge is 0.396 e. The maximum absolute atomic E-state index is 12.1. The Kier molecular flexibility index (Phi) is 5.20. The number of anilines is 1. The molecule has 0 saturated carbocycles. The van der Waals surface area contributed by atoms with Crippen LogP contribution in [0.15, 0.2) is 24.3 Å². The predicted octanol–water partition coefficient (Wildman–Crippen LogP) is 1.44. The van der Waals surface area contributed by atoms with Crippen molar-refractivity contribution in [1.82, 2.24) is 5.32 Å². The molecule has 0 aliphatic carbocycles. The molecule has 114 valence electrons. The number of hydrogen-bond acceptors (Lipinski definition) is 3. The fraction of sp³-hybridized carbons (Fsp3) is 0.467. The highest BCUT2D eigenvalue weighted by molar-refractivity contribution is 6.33. The van der Waals surface area contributed by atoms with Crippen molar-refractivity contribution < 1.29 is 14.7 Å². The number of nitrogens with one attached hydrogen (secondary N) is 1. The van der Waals surface area contributed by atoms with Gasteiger partial charge in [-0.15, -0.1) is 0 Å². The number of benzene rings is 1. The van der Waals surface area contributed by atoms with E-state index in [9.17, 15) is 9.59 Å². The second-order valence-corrected chi connectivity index (χ2v) is 5.80. The number of carbonyl (C=O) groups excluding carboxylic acids is 2. The van der Waals surface area contributed by atoms with E-state index in [1.165, 1.54) is 0 Å². The smallest absolute Gasteiger partial charge is 0.227 e. The van der Waals surface area contributed by atoms with Crippen LogP contribution in [0.25, 0.3) is 0 Å². The summed E-state index contributed by atoms with van der Waals surface area (Å²) in [6, 6.07) is 7.10. The van der Waals surface area contributed by atoms with E-state index < -0.39 is 0 Å². The molecule has 2 amide bonds. The first-order chi connectivity index (χ1) is 10.0. The number of carbonyl (C=O) groups is 2.